The first kappa shape index (κ1) is 36.0. The van der Waals surface area contributed by atoms with Crippen LogP contribution in [0, 0.1) is 40.9 Å². The molecular weight excluding hydrogens is 658 g/mol. The number of benzene rings is 3. The van der Waals surface area contributed by atoms with Gasteiger partial charge >= 0.3 is 12.3 Å². The Kier molecular flexibility index (Phi) is 11.0. The number of rotatable bonds is 10. The summed E-state index contributed by atoms with van der Waals surface area (Å²) in [7, 11) is 0. The summed E-state index contributed by atoms with van der Waals surface area (Å²) in [6.07, 6.45) is -3.45. The van der Waals surface area contributed by atoms with Crippen LogP contribution in [0.2, 0.25) is 0 Å². The lowest BCUT2D eigenvalue weighted by Gasteiger charge is -2.37. The molecule has 0 amide bonds. The van der Waals surface area contributed by atoms with E-state index in [1.54, 1.807) is 0 Å². The molecule has 0 atom stereocenters. The minimum Gasteiger partial charge on any atom is -0.429 e. The maximum absolute atomic E-state index is 15.1. The molecule has 1 saturated heterocycles. The molecule has 0 spiro atoms. The van der Waals surface area contributed by atoms with E-state index in [4.69, 9.17) is 9.47 Å². The van der Waals surface area contributed by atoms with E-state index >= 15 is 17.6 Å². The van der Waals surface area contributed by atoms with Crippen molar-refractivity contribution >= 4 is 0 Å². The summed E-state index contributed by atoms with van der Waals surface area (Å²) < 4.78 is 158. The highest BCUT2D eigenvalue weighted by Crippen LogP contribution is 2.43. The maximum atomic E-state index is 15.1. The third-order valence-electron chi connectivity index (χ3n) is 9.02. The molecule has 262 valence electrons. The first-order chi connectivity index (χ1) is 22.7. The zero-order valence-corrected chi connectivity index (χ0v) is 25.9. The van der Waals surface area contributed by atoms with E-state index in [1.165, 1.54) is 0 Å². The average molecular weight is 693 g/mol. The molecule has 3 aromatic carbocycles. The van der Waals surface area contributed by atoms with E-state index in [0.717, 1.165) is 49.9 Å². The lowest BCUT2D eigenvalue weighted by atomic mass is 9.78. The zero-order chi connectivity index (χ0) is 34.8. The van der Waals surface area contributed by atoms with E-state index < -0.39 is 69.4 Å². The van der Waals surface area contributed by atoms with Gasteiger partial charge in [0.05, 0.1) is 13.2 Å². The Labute approximate surface area is 271 Å². The van der Waals surface area contributed by atoms with E-state index in [9.17, 15) is 26.3 Å². The summed E-state index contributed by atoms with van der Waals surface area (Å²) in [6.45, 7) is 3.39. The first-order valence-corrected chi connectivity index (χ1v) is 15.8. The summed E-state index contributed by atoms with van der Waals surface area (Å²) in [5.41, 5.74) is -4.96. The molecule has 0 unspecified atom stereocenters. The van der Waals surface area contributed by atoms with Gasteiger partial charge in [0, 0.05) is 23.5 Å². The molecule has 1 saturated carbocycles. The minimum atomic E-state index is -5.35. The normalized spacial score (nSPS) is 22.1. The number of hydrogen-bond donors (Lipinski definition) is 0. The maximum Gasteiger partial charge on any atom is 0.432 e. The fourth-order valence-corrected chi connectivity index (χ4v) is 6.50. The Morgan fingerprint density at radius 2 is 1.29 bits per heavy atom. The molecule has 48 heavy (non-hydrogen) atoms. The quantitative estimate of drug-likeness (QED) is 0.156. The number of hydrogen-bond acceptors (Lipinski definition) is 3. The van der Waals surface area contributed by atoms with Crippen LogP contribution in [0.25, 0.3) is 11.1 Å². The van der Waals surface area contributed by atoms with E-state index in [-0.39, 0.29) is 35.8 Å². The van der Waals surface area contributed by atoms with Crippen molar-refractivity contribution in [3.8, 4) is 16.9 Å². The number of halogens is 10. The van der Waals surface area contributed by atoms with Crippen LogP contribution >= 0.6 is 0 Å². The predicted molar refractivity (Wildman–Crippen MR) is 156 cm³/mol. The second-order valence-electron chi connectivity index (χ2n) is 12.4. The van der Waals surface area contributed by atoms with Crippen molar-refractivity contribution in [2.75, 3.05) is 13.2 Å². The largest absolute Gasteiger partial charge is 0.432 e. The second kappa shape index (κ2) is 14.7. The van der Waals surface area contributed by atoms with Crippen molar-refractivity contribution in [3.05, 3.63) is 88.2 Å². The molecule has 1 heterocycles. The van der Waals surface area contributed by atoms with Crippen molar-refractivity contribution in [2.45, 2.75) is 82.8 Å². The lowest BCUT2D eigenvalue weighted by Crippen LogP contribution is -2.38. The van der Waals surface area contributed by atoms with Gasteiger partial charge in [0.25, 0.3) is 0 Å². The SMILES string of the molecule is CCCCCC1COC(C2CCC(c3cc(F)c(C(F)(F)Oc4ccc(-c5cc(F)c(C(F)(F)F)c(F)c5)c(F)c4)c(F)c3)CC2)OC1. The summed E-state index contributed by atoms with van der Waals surface area (Å²) in [5.74, 6) is -9.29. The van der Waals surface area contributed by atoms with Gasteiger partial charge in [0.2, 0.25) is 0 Å². The Bertz CT molecular complexity index is 1530. The highest BCUT2D eigenvalue weighted by atomic mass is 19.4. The fourth-order valence-electron chi connectivity index (χ4n) is 6.50. The fraction of sp³-hybridized carbons (Fsp3) is 0.486. The van der Waals surface area contributed by atoms with Crippen LogP contribution in [0.5, 0.6) is 5.75 Å². The van der Waals surface area contributed by atoms with E-state index in [1.807, 2.05) is 0 Å². The summed E-state index contributed by atoms with van der Waals surface area (Å²) in [4.78, 5) is 0. The summed E-state index contributed by atoms with van der Waals surface area (Å²) >= 11 is 0. The molecule has 0 N–H and O–H groups in total. The molecule has 13 heteroatoms. The van der Waals surface area contributed by atoms with Gasteiger partial charge in [0.15, 0.2) is 6.29 Å². The molecule has 0 aromatic heterocycles. The number of unbranched alkanes of at least 4 members (excludes halogenated alkanes) is 2. The van der Waals surface area contributed by atoms with Gasteiger partial charge in [-0.3, -0.25) is 0 Å². The van der Waals surface area contributed by atoms with Gasteiger partial charge in [-0.15, -0.1) is 0 Å². The van der Waals surface area contributed by atoms with Crippen LogP contribution in [-0.2, 0) is 21.8 Å². The first-order valence-electron chi connectivity index (χ1n) is 15.8. The topological polar surface area (TPSA) is 27.7 Å². The molecule has 2 aliphatic rings. The second-order valence-corrected chi connectivity index (χ2v) is 12.4. The molecule has 3 aromatic rings. The van der Waals surface area contributed by atoms with E-state index in [2.05, 4.69) is 11.7 Å². The van der Waals surface area contributed by atoms with Crippen molar-refractivity contribution in [3.63, 3.8) is 0 Å². The van der Waals surface area contributed by atoms with Crippen LogP contribution in [-0.4, -0.2) is 19.5 Å². The molecular formula is C35H34F10O3. The van der Waals surface area contributed by atoms with Crippen LogP contribution < -0.4 is 4.74 Å². The van der Waals surface area contributed by atoms with Crippen molar-refractivity contribution in [1.82, 2.24) is 0 Å². The Hall–Kier alpha value is -3.32. The van der Waals surface area contributed by atoms with E-state index in [0.29, 0.717) is 50.9 Å². The number of alkyl halides is 5. The molecule has 5 rings (SSSR count). The third-order valence-corrected chi connectivity index (χ3v) is 9.02. The van der Waals surface area contributed by atoms with Crippen molar-refractivity contribution in [2.24, 2.45) is 11.8 Å². The van der Waals surface area contributed by atoms with Gasteiger partial charge < -0.3 is 14.2 Å². The van der Waals surface area contributed by atoms with Gasteiger partial charge in [-0.1, -0.05) is 26.2 Å². The predicted octanol–water partition coefficient (Wildman–Crippen LogP) is 11.0. The van der Waals surface area contributed by atoms with Crippen molar-refractivity contribution < 1.29 is 58.1 Å². The third kappa shape index (κ3) is 8.10. The monoisotopic (exact) mass is 692 g/mol. The van der Waals surface area contributed by atoms with Crippen molar-refractivity contribution in [1.29, 1.82) is 0 Å². The molecule has 3 nitrogen and oxygen atoms in total. The summed E-state index contributed by atoms with van der Waals surface area (Å²) in [6, 6.07) is 3.92. The average Bonchev–Trinajstić information content (AvgIpc) is 3.00. The molecule has 0 bridgehead atoms. The van der Waals surface area contributed by atoms with Gasteiger partial charge in [-0.2, -0.15) is 22.0 Å². The van der Waals surface area contributed by atoms with Crippen LogP contribution in [0.3, 0.4) is 0 Å². The standard InChI is InChI=1S/C35H34F10O3/c1-2-3-4-5-19-17-46-33(47-18-19)21-8-6-20(7-9-21)22-12-29(39)32(30(40)13-22)35(44,45)48-24-10-11-25(26(36)16-24)23-14-27(37)31(28(38)15-23)34(41,42)43/h10-16,19-21,33H,2-9,17-18H2,1H3. The van der Waals surface area contributed by atoms with Crippen LogP contribution in [0.4, 0.5) is 43.9 Å². The lowest BCUT2D eigenvalue weighted by molar-refractivity contribution is -0.229. The molecule has 0 radical (unpaired) electrons. The number of ether oxygens (including phenoxy) is 3. The van der Waals surface area contributed by atoms with Gasteiger partial charge in [-0.05, 0) is 85.5 Å². The highest BCUT2D eigenvalue weighted by Gasteiger charge is 2.42. The van der Waals surface area contributed by atoms with Crippen LogP contribution in [0.1, 0.15) is 80.9 Å². The Morgan fingerprint density at radius 3 is 1.83 bits per heavy atom. The Balaban J connectivity index is 1.23. The molecule has 1 aliphatic heterocycles. The summed E-state index contributed by atoms with van der Waals surface area (Å²) in [5, 5.41) is 0. The molecule has 2 fully saturated rings. The minimum absolute atomic E-state index is 0.105. The van der Waals surface area contributed by atoms with Gasteiger partial charge in [-0.25, -0.2) is 22.0 Å². The van der Waals surface area contributed by atoms with Gasteiger partial charge in [0.1, 0.15) is 46.0 Å². The van der Waals surface area contributed by atoms with Crippen LogP contribution in [0.15, 0.2) is 42.5 Å². The zero-order valence-electron chi connectivity index (χ0n) is 25.9. The highest BCUT2D eigenvalue weighted by molar-refractivity contribution is 5.66. The molecule has 1 aliphatic carbocycles. The Morgan fingerprint density at radius 1 is 0.708 bits per heavy atom. The smallest absolute Gasteiger partial charge is 0.429 e.